The van der Waals surface area contributed by atoms with Crippen molar-refractivity contribution < 1.29 is 9.30 Å². The number of para-hydroxylation sites is 1. The Morgan fingerprint density at radius 2 is 1.88 bits per heavy atom. The fourth-order valence-electron chi connectivity index (χ4n) is 3.02. The molecule has 2 aromatic heterocycles. The Labute approximate surface area is 147 Å². The molecule has 0 fully saturated rings. The summed E-state index contributed by atoms with van der Waals surface area (Å²) in [6.45, 7) is 1.60. The van der Waals surface area contributed by atoms with Gasteiger partial charge in [-0.25, -0.2) is 14.1 Å². The molecule has 4 nitrogen and oxygen atoms in total. The number of hydrogen-bond acceptors (Lipinski definition) is 2. The molecule has 4 aromatic rings. The maximum absolute atomic E-state index is 5.43. The van der Waals surface area contributed by atoms with Crippen LogP contribution in [0.25, 0.3) is 10.9 Å². The number of imidazole rings is 1. The molecule has 0 aliphatic heterocycles. The summed E-state index contributed by atoms with van der Waals surface area (Å²) in [4.78, 5) is 4.78. The van der Waals surface area contributed by atoms with Gasteiger partial charge >= 0.3 is 0 Å². The maximum atomic E-state index is 5.43. The van der Waals surface area contributed by atoms with Crippen LogP contribution in [-0.4, -0.2) is 16.7 Å². The van der Waals surface area contributed by atoms with Crippen LogP contribution in [0, 0.1) is 0 Å². The second-order valence-corrected chi connectivity index (χ2v) is 6.08. The third kappa shape index (κ3) is 3.38. The largest absolute Gasteiger partial charge is 0.494 e. The predicted molar refractivity (Wildman–Crippen MR) is 97.6 cm³/mol. The van der Waals surface area contributed by atoms with Gasteiger partial charge in [-0.2, -0.15) is 0 Å². The minimum absolute atomic E-state index is 0.732. The summed E-state index contributed by atoms with van der Waals surface area (Å²) in [5, 5.41) is 1.09. The molecule has 0 radical (unpaired) electrons. The molecule has 124 valence electrons. The molecule has 0 bridgehead atoms. The second-order valence-electron chi connectivity index (χ2n) is 6.08. The number of benzene rings is 2. The summed E-state index contributed by atoms with van der Waals surface area (Å²) in [5.41, 5.74) is 3.21. The highest BCUT2D eigenvalue weighted by Gasteiger charge is 2.09. The fourth-order valence-corrected chi connectivity index (χ4v) is 3.02. The number of fused-ring (bicyclic) bond motifs is 1. The Bertz CT molecular complexity index is 992. The van der Waals surface area contributed by atoms with Crippen molar-refractivity contribution >= 4 is 10.9 Å². The van der Waals surface area contributed by atoms with Gasteiger partial charge in [-0.1, -0.05) is 48.5 Å². The van der Waals surface area contributed by atoms with Crippen LogP contribution in [0.2, 0.25) is 0 Å². The lowest BCUT2D eigenvalue weighted by Crippen LogP contribution is -2.31. The third-order valence-corrected chi connectivity index (χ3v) is 4.26. The molecule has 4 heteroatoms. The number of ether oxygens (including phenoxy) is 1. The number of hydrogen-bond donors (Lipinski definition) is 0. The average Bonchev–Trinajstić information content (AvgIpc) is 3.09. The van der Waals surface area contributed by atoms with Gasteiger partial charge in [-0.15, -0.1) is 0 Å². The Morgan fingerprint density at radius 3 is 2.72 bits per heavy atom. The molecule has 0 aliphatic carbocycles. The van der Waals surface area contributed by atoms with Crippen molar-refractivity contribution in [3.8, 4) is 5.75 Å². The van der Waals surface area contributed by atoms with Gasteiger partial charge in [-0.3, -0.25) is 0 Å². The quantitative estimate of drug-likeness (QED) is 0.525. The summed E-state index contributed by atoms with van der Waals surface area (Å²) >= 11 is 0. The van der Waals surface area contributed by atoms with Gasteiger partial charge in [0.15, 0.2) is 0 Å². The molecule has 0 atom stereocenters. The van der Waals surface area contributed by atoms with Crippen LogP contribution in [0.5, 0.6) is 5.75 Å². The molecule has 2 heterocycles. The van der Waals surface area contributed by atoms with E-state index in [1.807, 2.05) is 18.2 Å². The number of rotatable bonds is 5. The summed E-state index contributed by atoms with van der Waals surface area (Å²) in [5.74, 6) is 0.811. The van der Waals surface area contributed by atoms with Crippen LogP contribution in [-0.2, 0) is 13.1 Å². The minimum atomic E-state index is 0.732. The molecule has 0 amide bonds. The zero-order valence-corrected chi connectivity index (χ0v) is 14.2. The molecular formula is C21H20N3O+. The van der Waals surface area contributed by atoms with Crippen molar-refractivity contribution in [3.05, 3.63) is 90.6 Å². The van der Waals surface area contributed by atoms with Crippen LogP contribution >= 0.6 is 0 Å². The fraction of sp³-hybridized carbons (Fsp3) is 0.143. The number of methoxy groups -OCH3 is 1. The first-order valence-electron chi connectivity index (χ1n) is 8.33. The smallest absolute Gasteiger partial charge is 0.244 e. The lowest BCUT2D eigenvalue weighted by molar-refractivity contribution is -0.687. The average molecular weight is 330 g/mol. The van der Waals surface area contributed by atoms with Crippen molar-refractivity contribution in [3.63, 3.8) is 0 Å². The molecule has 0 aliphatic rings. The molecule has 2 aromatic carbocycles. The highest BCUT2D eigenvalue weighted by molar-refractivity contribution is 5.84. The van der Waals surface area contributed by atoms with Crippen molar-refractivity contribution in [2.45, 2.75) is 13.1 Å². The van der Waals surface area contributed by atoms with E-state index in [1.54, 1.807) is 7.11 Å². The highest BCUT2D eigenvalue weighted by atomic mass is 16.5. The molecule has 0 saturated heterocycles. The first-order valence-corrected chi connectivity index (χ1v) is 8.33. The van der Waals surface area contributed by atoms with Crippen LogP contribution in [0.4, 0.5) is 0 Å². The highest BCUT2D eigenvalue weighted by Crippen LogP contribution is 2.23. The number of nitrogens with zero attached hydrogens (tertiary/aromatic N) is 3. The van der Waals surface area contributed by atoms with E-state index >= 15 is 0 Å². The summed E-state index contributed by atoms with van der Waals surface area (Å²) < 4.78 is 9.75. The predicted octanol–water partition coefficient (Wildman–Crippen LogP) is 3.43. The maximum Gasteiger partial charge on any atom is 0.244 e. The first-order chi connectivity index (χ1) is 12.3. The number of pyridine rings is 1. The normalized spacial score (nSPS) is 10.9. The molecule has 0 saturated carbocycles. The van der Waals surface area contributed by atoms with Gasteiger partial charge in [0.2, 0.25) is 6.33 Å². The lowest BCUT2D eigenvalue weighted by atomic mass is 10.2. The molecule has 0 N–H and O–H groups in total. The summed E-state index contributed by atoms with van der Waals surface area (Å²) in [6.07, 6.45) is 6.28. The van der Waals surface area contributed by atoms with Crippen LogP contribution < -0.4 is 9.30 Å². The van der Waals surface area contributed by atoms with E-state index in [4.69, 9.17) is 9.72 Å². The monoisotopic (exact) mass is 330 g/mol. The lowest BCUT2D eigenvalue weighted by Gasteiger charge is -2.05. The van der Waals surface area contributed by atoms with E-state index in [9.17, 15) is 0 Å². The molecule has 25 heavy (non-hydrogen) atoms. The minimum Gasteiger partial charge on any atom is -0.494 e. The van der Waals surface area contributed by atoms with Crippen molar-refractivity contribution in [2.24, 2.45) is 0 Å². The van der Waals surface area contributed by atoms with Crippen molar-refractivity contribution in [2.75, 3.05) is 7.11 Å². The van der Waals surface area contributed by atoms with Gasteiger partial charge in [-0.05, 0) is 17.7 Å². The second kappa shape index (κ2) is 6.77. The van der Waals surface area contributed by atoms with Crippen LogP contribution in [0.1, 0.15) is 11.3 Å². The Balaban J connectivity index is 1.55. The molecule has 0 unspecified atom stereocenters. The van der Waals surface area contributed by atoms with Crippen LogP contribution in [0.15, 0.2) is 79.4 Å². The van der Waals surface area contributed by atoms with E-state index < -0.39 is 0 Å². The molecule has 4 rings (SSSR count). The Hall–Kier alpha value is -3.14. The summed E-state index contributed by atoms with van der Waals surface area (Å²) in [7, 11) is 1.68. The summed E-state index contributed by atoms with van der Waals surface area (Å²) in [6, 6.07) is 20.6. The Kier molecular flexibility index (Phi) is 4.17. The standard InChI is InChI=1S/C21H20N3O/c1-25-20-9-5-8-18-10-11-19(22-21(18)20)15-24-13-12-23(16-24)14-17-6-3-2-4-7-17/h2-13,16H,14-15H2,1H3/q+1. The Morgan fingerprint density at radius 1 is 1.00 bits per heavy atom. The topological polar surface area (TPSA) is 30.9 Å². The zero-order chi connectivity index (χ0) is 17.1. The van der Waals surface area contributed by atoms with E-state index in [-0.39, 0.29) is 0 Å². The van der Waals surface area contributed by atoms with Crippen LogP contribution in [0.3, 0.4) is 0 Å². The van der Waals surface area contributed by atoms with Crippen molar-refractivity contribution in [1.29, 1.82) is 0 Å². The van der Waals surface area contributed by atoms with E-state index in [2.05, 4.69) is 70.3 Å². The van der Waals surface area contributed by atoms with Gasteiger partial charge in [0.1, 0.15) is 36.7 Å². The first kappa shape index (κ1) is 15.4. The van der Waals surface area contributed by atoms with E-state index in [0.29, 0.717) is 0 Å². The van der Waals surface area contributed by atoms with Crippen molar-refractivity contribution in [1.82, 2.24) is 9.55 Å². The van der Waals surface area contributed by atoms with Gasteiger partial charge in [0, 0.05) is 5.39 Å². The number of aromatic nitrogens is 3. The zero-order valence-electron chi connectivity index (χ0n) is 14.2. The molecular weight excluding hydrogens is 310 g/mol. The van der Waals surface area contributed by atoms with Gasteiger partial charge < -0.3 is 4.74 Å². The third-order valence-electron chi connectivity index (χ3n) is 4.26. The molecule has 0 spiro atoms. The van der Waals surface area contributed by atoms with Gasteiger partial charge in [0.25, 0.3) is 0 Å². The van der Waals surface area contributed by atoms with E-state index in [0.717, 1.165) is 35.4 Å². The van der Waals surface area contributed by atoms with Gasteiger partial charge in [0.05, 0.1) is 12.8 Å². The van der Waals surface area contributed by atoms with E-state index in [1.165, 1.54) is 5.56 Å². The SMILES string of the molecule is COc1cccc2ccc(Cn3cc[n+](Cc4ccccc4)c3)nc12.